The highest BCUT2D eigenvalue weighted by atomic mass is 35.5. The van der Waals surface area contributed by atoms with Crippen molar-refractivity contribution in [1.82, 2.24) is 19.7 Å². The number of nitrogens with zero attached hydrogens (tertiary/aromatic N) is 4. The van der Waals surface area contributed by atoms with Gasteiger partial charge in [-0.3, -0.25) is 9.36 Å². The van der Waals surface area contributed by atoms with Crippen LogP contribution in [0.5, 0.6) is 0 Å². The van der Waals surface area contributed by atoms with Crippen LogP contribution in [-0.2, 0) is 5.75 Å². The number of thioether (sulfide) groups is 1. The molecule has 0 unspecified atom stereocenters. The minimum absolute atomic E-state index is 0.0892. The highest BCUT2D eigenvalue weighted by Gasteiger charge is 2.17. The standard InChI is InChI=1S/C22H15ClN4O2S2/c1-13-6-8-14(9-7-13)27-21(28)19-17(10-11-30-19)24-22(27)31-12-18-25-20(26-29-18)15-4-2-3-5-16(15)23/h2-11H,12H2,1H3. The minimum atomic E-state index is -0.0892. The SMILES string of the molecule is Cc1ccc(-n2c(SCc3nc(-c4ccccc4Cl)no3)nc3ccsc3c2=O)cc1. The van der Waals surface area contributed by atoms with Gasteiger partial charge in [0.2, 0.25) is 11.7 Å². The zero-order valence-electron chi connectivity index (χ0n) is 16.3. The molecule has 5 rings (SSSR count). The molecular formula is C22H15ClN4O2S2. The number of aryl methyl sites for hydroxylation is 1. The molecule has 154 valence electrons. The monoisotopic (exact) mass is 466 g/mol. The van der Waals surface area contributed by atoms with Gasteiger partial charge in [-0.15, -0.1) is 11.3 Å². The quantitative estimate of drug-likeness (QED) is 0.242. The summed E-state index contributed by atoms with van der Waals surface area (Å²) in [6, 6.07) is 17.0. The topological polar surface area (TPSA) is 73.8 Å². The van der Waals surface area contributed by atoms with E-state index in [1.54, 1.807) is 10.6 Å². The summed E-state index contributed by atoms with van der Waals surface area (Å²) in [6.45, 7) is 2.01. The second-order valence-electron chi connectivity index (χ2n) is 6.79. The van der Waals surface area contributed by atoms with Gasteiger partial charge in [-0.2, -0.15) is 4.98 Å². The van der Waals surface area contributed by atoms with Crippen LogP contribution in [0, 0.1) is 6.92 Å². The predicted molar refractivity (Wildman–Crippen MR) is 124 cm³/mol. The predicted octanol–water partition coefficient (Wildman–Crippen LogP) is 5.75. The van der Waals surface area contributed by atoms with Gasteiger partial charge >= 0.3 is 0 Å². The molecule has 0 aliphatic carbocycles. The molecule has 0 bridgehead atoms. The van der Waals surface area contributed by atoms with Crippen LogP contribution in [0.3, 0.4) is 0 Å². The molecule has 3 aromatic heterocycles. The molecular weight excluding hydrogens is 452 g/mol. The number of hydrogen-bond acceptors (Lipinski definition) is 7. The Balaban J connectivity index is 1.50. The lowest BCUT2D eigenvalue weighted by Gasteiger charge is -2.11. The van der Waals surface area contributed by atoms with Crippen LogP contribution in [0.2, 0.25) is 5.02 Å². The van der Waals surface area contributed by atoms with Gasteiger partial charge in [-0.05, 0) is 42.6 Å². The van der Waals surface area contributed by atoms with Gasteiger partial charge < -0.3 is 4.52 Å². The fraction of sp³-hybridized carbons (Fsp3) is 0.0909. The van der Waals surface area contributed by atoms with E-state index >= 15 is 0 Å². The molecule has 0 amide bonds. The summed E-state index contributed by atoms with van der Waals surface area (Å²) in [7, 11) is 0. The van der Waals surface area contributed by atoms with Crippen molar-refractivity contribution in [2.24, 2.45) is 0 Å². The molecule has 0 aliphatic rings. The van der Waals surface area contributed by atoms with Crippen molar-refractivity contribution in [3.05, 3.63) is 86.8 Å². The Kier molecular flexibility index (Phi) is 5.35. The number of hydrogen-bond donors (Lipinski definition) is 0. The first-order chi connectivity index (χ1) is 15.1. The lowest BCUT2D eigenvalue weighted by Crippen LogP contribution is -2.20. The number of rotatable bonds is 5. The Hall–Kier alpha value is -2.94. The molecule has 0 fully saturated rings. The van der Waals surface area contributed by atoms with Crippen molar-refractivity contribution >= 4 is 44.9 Å². The summed E-state index contributed by atoms with van der Waals surface area (Å²) in [4.78, 5) is 22.4. The summed E-state index contributed by atoms with van der Waals surface area (Å²) in [5.41, 5.74) is 3.19. The normalized spacial score (nSPS) is 11.3. The largest absolute Gasteiger partial charge is 0.338 e. The van der Waals surface area contributed by atoms with Crippen LogP contribution in [0.4, 0.5) is 0 Å². The second-order valence-corrected chi connectivity index (χ2v) is 9.05. The van der Waals surface area contributed by atoms with E-state index in [-0.39, 0.29) is 5.56 Å². The van der Waals surface area contributed by atoms with Crippen LogP contribution in [0.25, 0.3) is 27.3 Å². The zero-order valence-corrected chi connectivity index (χ0v) is 18.7. The number of halogens is 1. The van der Waals surface area contributed by atoms with E-state index in [9.17, 15) is 4.79 Å². The van der Waals surface area contributed by atoms with E-state index in [2.05, 4.69) is 10.1 Å². The number of fused-ring (bicyclic) bond motifs is 1. The Labute approximate surface area is 190 Å². The Bertz CT molecular complexity index is 1440. The van der Waals surface area contributed by atoms with Crippen molar-refractivity contribution in [1.29, 1.82) is 0 Å². The van der Waals surface area contributed by atoms with Crippen molar-refractivity contribution < 1.29 is 4.52 Å². The smallest absolute Gasteiger partial charge is 0.276 e. The van der Waals surface area contributed by atoms with Crippen molar-refractivity contribution in [3.63, 3.8) is 0 Å². The number of benzene rings is 2. The van der Waals surface area contributed by atoms with Crippen LogP contribution in [0.15, 0.2) is 74.5 Å². The van der Waals surface area contributed by atoms with E-state index in [0.29, 0.717) is 43.4 Å². The lowest BCUT2D eigenvalue weighted by atomic mass is 10.2. The summed E-state index contributed by atoms with van der Waals surface area (Å²) >= 11 is 8.99. The summed E-state index contributed by atoms with van der Waals surface area (Å²) in [5, 5.41) is 7.04. The third-order valence-electron chi connectivity index (χ3n) is 4.65. The highest BCUT2D eigenvalue weighted by Crippen LogP contribution is 2.28. The molecule has 31 heavy (non-hydrogen) atoms. The number of thiophene rings is 1. The van der Waals surface area contributed by atoms with E-state index in [4.69, 9.17) is 21.1 Å². The summed E-state index contributed by atoms with van der Waals surface area (Å²) in [6.07, 6.45) is 0. The molecule has 3 heterocycles. The Morgan fingerprint density at radius 3 is 2.71 bits per heavy atom. The van der Waals surface area contributed by atoms with Crippen LogP contribution in [0.1, 0.15) is 11.5 Å². The van der Waals surface area contributed by atoms with Crippen LogP contribution >= 0.6 is 34.7 Å². The third-order valence-corrected chi connectivity index (χ3v) is 6.79. The minimum Gasteiger partial charge on any atom is -0.338 e. The van der Waals surface area contributed by atoms with Gasteiger partial charge in [0.1, 0.15) is 4.70 Å². The fourth-order valence-corrected chi connectivity index (χ4v) is 4.93. The fourth-order valence-electron chi connectivity index (χ4n) is 3.10. The molecule has 6 nitrogen and oxygen atoms in total. The van der Waals surface area contributed by atoms with Gasteiger partial charge in [-0.25, -0.2) is 4.98 Å². The molecule has 0 aliphatic heterocycles. The molecule has 2 aromatic carbocycles. The van der Waals surface area contributed by atoms with Gasteiger partial charge in [-0.1, -0.05) is 58.3 Å². The van der Waals surface area contributed by atoms with E-state index < -0.39 is 0 Å². The second kappa shape index (κ2) is 8.30. The average molecular weight is 467 g/mol. The first kappa shape index (κ1) is 20.0. The summed E-state index contributed by atoms with van der Waals surface area (Å²) < 4.78 is 7.67. The maximum atomic E-state index is 13.2. The van der Waals surface area contributed by atoms with Crippen molar-refractivity contribution in [2.75, 3.05) is 0 Å². The lowest BCUT2D eigenvalue weighted by molar-refractivity contribution is 0.391. The molecule has 0 radical (unpaired) electrons. The van der Waals surface area contributed by atoms with Gasteiger partial charge in [0.25, 0.3) is 5.56 Å². The molecule has 0 saturated carbocycles. The molecule has 9 heteroatoms. The van der Waals surface area contributed by atoms with Crippen molar-refractivity contribution in [2.45, 2.75) is 17.8 Å². The van der Waals surface area contributed by atoms with Crippen LogP contribution < -0.4 is 5.56 Å². The molecule has 5 aromatic rings. The number of aromatic nitrogens is 4. The van der Waals surface area contributed by atoms with E-state index in [1.807, 2.05) is 60.8 Å². The maximum Gasteiger partial charge on any atom is 0.276 e. The van der Waals surface area contributed by atoms with Gasteiger partial charge in [0, 0.05) is 5.56 Å². The summed E-state index contributed by atoms with van der Waals surface area (Å²) in [5.74, 6) is 1.22. The van der Waals surface area contributed by atoms with E-state index in [0.717, 1.165) is 11.3 Å². The molecule has 0 spiro atoms. The van der Waals surface area contributed by atoms with E-state index in [1.165, 1.54) is 23.1 Å². The van der Waals surface area contributed by atoms with Gasteiger partial charge in [0.15, 0.2) is 5.16 Å². The van der Waals surface area contributed by atoms with Gasteiger partial charge in [0.05, 0.1) is 22.0 Å². The third kappa shape index (κ3) is 3.89. The average Bonchev–Trinajstić information content (AvgIpc) is 3.43. The Morgan fingerprint density at radius 2 is 1.90 bits per heavy atom. The zero-order chi connectivity index (χ0) is 21.4. The molecule has 0 saturated heterocycles. The first-order valence-electron chi connectivity index (χ1n) is 9.38. The highest BCUT2D eigenvalue weighted by molar-refractivity contribution is 7.98. The first-order valence-corrected chi connectivity index (χ1v) is 11.6. The van der Waals surface area contributed by atoms with Crippen molar-refractivity contribution in [3.8, 4) is 17.1 Å². The van der Waals surface area contributed by atoms with Crippen LogP contribution in [-0.4, -0.2) is 19.7 Å². The Morgan fingerprint density at radius 1 is 1.10 bits per heavy atom. The maximum absolute atomic E-state index is 13.2. The molecule has 0 atom stereocenters. The molecule has 0 N–H and O–H groups in total.